The van der Waals surface area contributed by atoms with Gasteiger partial charge in [0.1, 0.15) is 5.60 Å². The smallest absolute Gasteiger partial charge is 0.419 e. The van der Waals surface area contributed by atoms with Crippen LogP contribution in [0.2, 0.25) is 0 Å². The highest BCUT2D eigenvalue weighted by Gasteiger charge is 2.21. The highest BCUT2D eigenvalue weighted by atomic mass is 16.6. The molecule has 0 aliphatic heterocycles. The van der Waals surface area contributed by atoms with Gasteiger partial charge < -0.3 is 4.74 Å². The molecule has 0 unspecified atom stereocenters. The average molecular weight is 319 g/mol. The number of fused-ring (bicyclic) bond motifs is 1. The molecule has 0 saturated heterocycles. The van der Waals surface area contributed by atoms with Crippen LogP contribution in [0, 0.1) is 0 Å². The molecule has 3 heteroatoms. The fourth-order valence-electron chi connectivity index (χ4n) is 2.68. The Morgan fingerprint density at radius 2 is 1.62 bits per heavy atom. The fourth-order valence-corrected chi connectivity index (χ4v) is 2.68. The van der Waals surface area contributed by atoms with Crippen LogP contribution in [0.3, 0.4) is 0 Å². The van der Waals surface area contributed by atoms with Crippen LogP contribution >= 0.6 is 0 Å². The van der Waals surface area contributed by atoms with Crippen LogP contribution in [0.5, 0.6) is 0 Å². The van der Waals surface area contributed by atoms with Gasteiger partial charge in [0.2, 0.25) is 0 Å². The molecule has 0 amide bonds. The zero-order valence-electron chi connectivity index (χ0n) is 14.2. The van der Waals surface area contributed by atoms with Crippen LogP contribution < -0.4 is 0 Å². The number of nitrogens with zero attached hydrogens (tertiary/aromatic N) is 1. The van der Waals surface area contributed by atoms with E-state index < -0.39 is 5.60 Å². The third kappa shape index (κ3) is 3.11. The van der Waals surface area contributed by atoms with Gasteiger partial charge in [-0.25, -0.2) is 4.79 Å². The van der Waals surface area contributed by atoms with Crippen LogP contribution in [0.25, 0.3) is 16.5 Å². The third-order valence-corrected chi connectivity index (χ3v) is 3.75. The minimum Gasteiger partial charge on any atom is -0.443 e. The average Bonchev–Trinajstić information content (AvgIpc) is 2.93. The van der Waals surface area contributed by atoms with Gasteiger partial charge in [-0.15, -0.1) is 0 Å². The predicted molar refractivity (Wildman–Crippen MR) is 98.1 cm³/mol. The zero-order valence-corrected chi connectivity index (χ0v) is 14.2. The van der Waals surface area contributed by atoms with E-state index in [0.29, 0.717) is 0 Å². The van der Waals surface area contributed by atoms with Crippen LogP contribution in [0.4, 0.5) is 4.79 Å². The maximum absolute atomic E-state index is 12.6. The maximum atomic E-state index is 12.6. The minimum absolute atomic E-state index is 0.384. The monoisotopic (exact) mass is 319 g/mol. The van der Waals surface area contributed by atoms with E-state index in [0.717, 1.165) is 27.6 Å². The second-order valence-electron chi connectivity index (χ2n) is 6.75. The number of rotatable bonds is 2. The third-order valence-electron chi connectivity index (χ3n) is 3.75. The minimum atomic E-state index is -0.543. The Morgan fingerprint density at radius 1 is 1.00 bits per heavy atom. The van der Waals surface area contributed by atoms with Gasteiger partial charge in [-0.3, -0.25) is 4.57 Å². The molecule has 0 aliphatic rings. The van der Waals surface area contributed by atoms with Gasteiger partial charge >= 0.3 is 6.09 Å². The van der Waals surface area contributed by atoms with Gasteiger partial charge in [0.15, 0.2) is 0 Å². The van der Waals surface area contributed by atoms with Crippen molar-refractivity contribution in [3.63, 3.8) is 0 Å². The number of carbonyl (C=O) groups is 1. The number of hydrogen-bond donors (Lipinski definition) is 0. The van der Waals surface area contributed by atoms with Crippen LogP contribution in [0.1, 0.15) is 31.9 Å². The summed E-state index contributed by atoms with van der Waals surface area (Å²) in [5.74, 6) is 0. The first-order valence-corrected chi connectivity index (χ1v) is 7.95. The van der Waals surface area contributed by atoms with Crippen molar-refractivity contribution in [2.75, 3.05) is 0 Å². The second-order valence-corrected chi connectivity index (χ2v) is 6.75. The lowest BCUT2D eigenvalue weighted by molar-refractivity contribution is 0.0544. The Morgan fingerprint density at radius 3 is 2.29 bits per heavy atom. The zero-order chi connectivity index (χ0) is 17.3. The molecule has 1 heterocycles. The highest BCUT2D eigenvalue weighted by molar-refractivity contribution is 6.00. The molecule has 0 aliphatic carbocycles. The molecule has 0 saturated carbocycles. The molecule has 0 fully saturated rings. The summed E-state index contributed by atoms with van der Waals surface area (Å²) in [6, 6.07) is 17.8. The number of para-hydroxylation sites is 1. The number of benzene rings is 2. The van der Waals surface area contributed by atoms with E-state index >= 15 is 0 Å². The van der Waals surface area contributed by atoms with Gasteiger partial charge in [0.05, 0.1) is 5.52 Å². The van der Waals surface area contributed by atoms with E-state index in [1.54, 1.807) is 4.57 Å². The van der Waals surface area contributed by atoms with Crippen molar-refractivity contribution in [3.05, 3.63) is 78.5 Å². The van der Waals surface area contributed by atoms with Crippen molar-refractivity contribution >= 4 is 22.6 Å². The molecule has 0 spiro atoms. The molecule has 3 rings (SSSR count). The van der Waals surface area contributed by atoms with E-state index in [-0.39, 0.29) is 6.09 Å². The van der Waals surface area contributed by atoms with Crippen molar-refractivity contribution in [3.8, 4) is 0 Å². The first kappa shape index (κ1) is 16.1. The standard InChI is InChI=1S/C21H21NO2/c1-15(16-10-6-5-7-11-16)18-14-22(20(23)24-21(2,3)4)19-13-9-8-12-17(18)19/h5-14H,1H2,2-4H3. The quantitative estimate of drug-likeness (QED) is 0.625. The Kier molecular flexibility index (Phi) is 4.02. The van der Waals surface area contributed by atoms with Crippen molar-refractivity contribution in [1.82, 2.24) is 4.57 Å². The normalized spacial score (nSPS) is 11.5. The number of carbonyl (C=O) groups excluding carboxylic acids is 1. The number of hydrogen-bond acceptors (Lipinski definition) is 2. The van der Waals surface area contributed by atoms with Crippen LogP contribution in [-0.4, -0.2) is 16.3 Å². The summed E-state index contributed by atoms with van der Waals surface area (Å²) < 4.78 is 7.08. The van der Waals surface area contributed by atoms with Gasteiger partial charge in [0.25, 0.3) is 0 Å². The first-order chi connectivity index (χ1) is 11.4. The van der Waals surface area contributed by atoms with Gasteiger partial charge in [0, 0.05) is 17.1 Å². The molecule has 3 aromatic rings. The molecule has 24 heavy (non-hydrogen) atoms. The topological polar surface area (TPSA) is 31.2 Å². The summed E-state index contributed by atoms with van der Waals surface area (Å²) in [6.07, 6.45) is 1.43. The van der Waals surface area contributed by atoms with E-state index in [2.05, 4.69) is 6.58 Å². The molecule has 0 atom stereocenters. The SMILES string of the molecule is C=C(c1ccccc1)c1cn(C(=O)OC(C)(C)C)c2ccccc12. The molecule has 1 aromatic heterocycles. The highest BCUT2D eigenvalue weighted by Crippen LogP contribution is 2.30. The molecular weight excluding hydrogens is 298 g/mol. The van der Waals surface area contributed by atoms with Crippen LogP contribution in [0.15, 0.2) is 67.4 Å². The van der Waals surface area contributed by atoms with Crippen molar-refractivity contribution in [1.29, 1.82) is 0 Å². The van der Waals surface area contributed by atoms with E-state index in [4.69, 9.17) is 4.74 Å². The number of aromatic nitrogens is 1. The van der Waals surface area contributed by atoms with E-state index in [1.807, 2.05) is 81.6 Å². The summed E-state index contributed by atoms with van der Waals surface area (Å²) in [5.41, 5.74) is 3.12. The Balaban J connectivity index is 2.11. The van der Waals surface area contributed by atoms with Crippen molar-refractivity contribution in [2.24, 2.45) is 0 Å². The van der Waals surface area contributed by atoms with Gasteiger partial charge in [-0.1, -0.05) is 55.1 Å². The summed E-state index contributed by atoms with van der Waals surface area (Å²) in [6.45, 7) is 9.81. The second kappa shape index (κ2) is 6.00. The Hall–Kier alpha value is -2.81. The van der Waals surface area contributed by atoms with Gasteiger partial charge in [-0.2, -0.15) is 0 Å². The summed E-state index contributed by atoms with van der Waals surface area (Å²) in [7, 11) is 0. The lowest BCUT2D eigenvalue weighted by atomic mass is 9.99. The Labute approximate surface area is 142 Å². The Bertz CT molecular complexity index is 898. The van der Waals surface area contributed by atoms with E-state index in [9.17, 15) is 4.79 Å². The van der Waals surface area contributed by atoms with E-state index in [1.165, 1.54) is 0 Å². The molecule has 0 bridgehead atoms. The van der Waals surface area contributed by atoms with Crippen molar-refractivity contribution in [2.45, 2.75) is 26.4 Å². The van der Waals surface area contributed by atoms with Gasteiger partial charge in [-0.05, 0) is 38.0 Å². The number of ether oxygens (including phenoxy) is 1. The summed E-state index contributed by atoms with van der Waals surface area (Å²) >= 11 is 0. The maximum Gasteiger partial charge on any atom is 0.419 e. The van der Waals surface area contributed by atoms with Crippen LogP contribution in [-0.2, 0) is 4.74 Å². The predicted octanol–water partition coefficient (Wildman–Crippen LogP) is 5.49. The lowest BCUT2D eigenvalue weighted by Crippen LogP contribution is -2.26. The first-order valence-electron chi connectivity index (χ1n) is 7.95. The fraction of sp³-hybridized carbons (Fsp3) is 0.190. The summed E-state index contributed by atoms with van der Waals surface area (Å²) in [5, 5.41) is 0.984. The molecule has 122 valence electrons. The lowest BCUT2D eigenvalue weighted by Gasteiger charge is -2.19. The molecule has 0 radical (unpaired) electrons. The van der Waals surface area contributed by atoms with Crippen molar-refractivity contribution < 1.29 is 9.53 Å². The largest absolute Gasteiger partial charge is 0.443 e. The molecule has 2 aromatic carbocycles. The molecule has 0 N–H and O–H groups in total. The summed E-state index contributed by atoms with van der Waals surface area (Å²) in [4.78, 5) is 12.6. The molecule has 3 nitrogen and oxygen atoms in total. The molecular formula is C21H21NO2.